The van der Waals surface area contributed by atoms with Crippen LogP contribution in [0, 0.1) is 0 Å². The van der Waals surface area contributed by atoms with Gasteiger partial charge < -0.3 is 0 Å². The minimum absolute atomic E-state index is 0.125. The van der Waals surface area contributed by atoms with Crippen molar-refractivity contribution < 1.29 is 0 Å². The summed E-state index contributed by atoms with van der Waals surface area (Å²) in [4.78, 5) is 15.9. The molecule has 17 heavy (non-hydrogen) atoms. The Labute approximate surface area is 99.0 Å². The van der Waals surface area contributed by atoms with Crippen LogP contribution in [0.15, 0.2) is 48.3 Å². The molecule has 0 unspecified atom stereocenters. The van der Waals surface area contributed by atoms with Gasteiger partial charge in [-0.1, -0.05) is 6.08 Å². The molecule has 0 radical (unpaired) electrons. The van der Waals surface area contributed by atoms with Gasteiger partial charge in [0.25, 0.3) is 0 Å². The van der Waals surface area contributed by atoms with Gasteiger partial charge in [0.1, 0.15) is 6.33 Å². The van der Waals surface area contributed by atoms with Crippen molar-refractivity contribution in [3.63, 3.8) is 0 Å². The summed E-state index contributed by atoms with van der Waals surface area (Å²) >= 11 is 0. The van der Waals surface area contributed by atoms with Gasteiger partial charge in [-0.05, 0) is 25.0 Å². The minimum atomic E-state index is -0.125. The smallest absolute Gasteiger partial charge is 0.265 e. The van der Waals surface area contributed by atoms with Gasteiger partial charge in [-0.15, -0.1) is 6.58 Å². The van der Waals surface area contributed by atoms with E-state index in [4.69, 9.17) is 0 Å². The van der Waals surface area contributed by atoms with Crippen molar-refractivity contribution in [1.82, 2.24) is 19.3 Å². The van der Waals surface area contributed by atoms with E-state index in [1.54, 1.807) is 24.5 Å². The number of hydrogen-bond donors (Lipinski definition) is 0. The van der Waals surface area contributed by atoms with E-state index in [2.05, 4.69) is 16.7 Å². The number of unbranched alkanes of at least 4 members (excludes halogenated alkanes) is 1. The van der Waals surface area contributed by atoms with Crippen LogP contribution >= 0.6 is 0 Å². The van der Waals surface area contributed by atoms with Crippen LogP contribution in [-0.2, 0) is 6.54 Å². The Balaban J connectivity index is 2.21. The first kappa shape index (κ1) is 11.3. The predicted octanol–water partition coefficient (Wildman–Crippen LogP) is 1.40. The largest absolute Gasteiger partial charge is 0.350 e. The highest BCUT2D eigenvalue weighted by molar-refractivity contribution is 5.27. The minimum Gasteiger partial charge on any atom is -0.265 e. The van der Waals surface area contributed by atoms with Crippen LogP contribution in [0.4, 0.5) is 0 Å². The molecule has 5 heteroatoms. The molecule has 0 aliphatic rings. The van der Waals surface area contributed by atoms with Gasteiger partial charge in [0.05, 0.1) is 5.69 Å². The van der Waals surface area contributed by atoms with Crippen LogP contribution < -0.4 is 5.69 Å². The number of nitrogens with zero attached hydrogens (tertiary/aromatic N) is 4. The molecule has 88 valence electrons. The monoisotopic (exact) mass is 230 g/mol. The number of rotatable bonds is 5. The molecule has 0 saturated carbocycles. The van der Waals surface area contributed by atoms with E-state index in [1.807, 2.05) is 6.08 Å². The van der Waals surface area contributed by atoms with Crippen molar-refractivity contribution in [3.8, 4) is 5.69 Å². The quantitative estimate of drug-likeness (QED) is 0.576. The maximum absolute atomic E-state index is 12.0. The third kappa shape index (κ3) is 2.50. The number of aryl methyl sites for hydroxylation is 1. The van der Waals surface area contributed by atoms with Crippen LogP contribution in [0.5, 0.6) is 0 Å². The number of pyridine rings is 1. The maximum atomic E-state index is 12.0. The Morgan fingerprint density at radius 2 is 2.12 bits per heavy atom. The molecule has 0 saturated heterocycles. The second-order valence-corrected chi connectivity index (χ2v) is 3.64. The molecule has 0 aliphatic heterocycles. The van der Waals surface area contributed by atoms with E-state index >= 15 is 0 Å². The second-order valence-electron chi connectivity index (χ2n) is 3.64. The van der Waals surface area contributed by atoms with Crippen LogP contribution in [0.1, 0.15) is 12.8 Å². The number of hydrogen-bond acceptors (Lipinski definition) is 3. The molecule has 0 N–H and O–H groups in total. The van der Waals surface area contributed by atoms with E-state index in [0.717, 1.165) is 18.5 Å². The topological polar surface area (TPSA) is 52.7 Å². The van der Waals surface area contributed by atoms with Crippen molar-refractivity contribution in [3.05, 3.63) is 54.0 Å². The van der Waals surface area contributed by atoms with Gasteiger partial charge in [0.15, 0.2) is 0 Å². The van der Waals surface area contributed by atoms with E-state index in [-0.39, 0.29) is 5.69 Å². The predicted molar refractivity (Wildman–Crippen MR) is 65.1 cm³/mol. The first-order chi connectivity index (χ1) is 8.33. The van der Waals surface area contributed by atoms with Crippen molar-refractivity contribution in [2.45, 2.75) is 19.4 Å². The fourth-order valence-corrected chi connectivity index (χ4v) is 1.56. The fraction of sp³-hybridized carbons (Fsp3) is 0.250. The van der Waals surface area contributed by atoms with Crippen LogP contribution in [0.2, 0.25) is 0 Å². The molecule has 0 aliphatic carbocycles. The van der Waals surface area contributed by atoms with Crippen molar-refractivity contribution in [2.24, 2.45) is 0 Å². The summed E-state index contributed by atoms with van der Waals surface area (Å²) < 4.78 is 2.97. The fourth-order valence-electron chi connectivity index (χ4n) is 1.56. The molecule has 2 heterocycles. The Hall–Kier alpha value is -2.17. The van der Waals surface area contributed by atoms with E-state index in [1.165, 1.54) is 15.6 Å². The third-order valence-corrected chi connectivity index (χ3v) is 2.45. The standard InChI is InChI=1S/C12H14N4O/c1-2-3-4-9-16-12(17)15(10-14-16)11-5-7-13-8-6-11/h2,5-8,10H,1,3-4,9H2. The van der Waals surface area contributed by atoms with Gasteiger partial charge >= 0.3 is 5.69 Å². The summed E-state index contributed by atoms with van der Waals surface area (Å²) in [7, 11) is 0. The molecule has 0 spiro atoms. The van der Waals surface area contributed by atoms with Gasteiger partial charge in [-0.2, -0.15) is 5.10 Å². The van der Waals surface area contributed by atoms with Gasteiger partial charge in [0, 0.05) is 18.9 Å². The summed E-state index contributed by atoms with van der Waals surface area (Å²) in [6.07, 6.45) is 8.43. The molecule has 0 aromatic carbocycles. The summed E-state index contributed by atoms with van der Waals surface area (Å²) in [5.41, 5.74) is 0.653. The zero-order valence-electron chi connectivity index (χ0n) is 9.49. The van der Waals surface area contributed by atoms with Crippen molar-refractivity contribution in [2.75, 3.05) is 0 Å². The van der Waals surface area contributed by atoms with Crippen LogP contribution in [-0.4, -0.2) is 19.3 Å². The molecular formula is C12H14N4O. The van der Waals surface area contributed by atoms with Crippen LogP contribution in [0.3, 0.4) is 0 Å². The lowest BCUT2D eigenvalue weighted by molar-refractivity contribution is 0.562. The van der Waals surface area contributed by atoms with E-state index in [9.17, 15) is 4.79 Å². The molecule has 2 rings (SSSR count). The van der Waals surface area contributed by atoms with Crippen molar-refractivity contribution >= 4 is 0 Å². The van der Waals surface area contributed by atoms with Gasteiger partial charge in [0.2, 0.25) is 0 Å². The molecule has 0 amide bonds. The van der Waals surface area contributed by atoms with Gasteiger partial charge in [-0.3, -0.25) is 4.98 Å². The summed E-state index contributed by atoms with van der Waals surface area (Å²) in [5.74, 6) is 0. The highest BCUT2D eigenvalue weighted by Gasteiger charge is 2.05. The Morgan fingerprint density at radius 3 is 2.82 bits per heavy atom. The van der Waals surface area contributed by atoms with E-state index < -0.39 is 0 Å². The number of aromatic nitrogens is 4. The average Bonchev–Trinajstić information content (AvgIpc) is 2.73. The Bertz CT molecular complexity index is 541. The highest BCUT2D eigenvalue weighted by atomic mass is 16.2. The lowest BCUT2D eigenvalue weighted by Gasteiger charge is -1.99. The Morgan fingerprint density at radius 1 is 1.35 bits per heavy atom. The molecule has 5 nitrogen and oxygen atoms in total. The zero-order valence-corrected chi connectivity index (χ0v) is 9.49. The van der Waals surface area contributed by atoms with Crippen LogP contribution in [0.25, 0.3) is 5.69 Å². The maximum Gasteiger partial charge on any atom is 0.350 e. The summed E-state index contributed by atoms with van der Waals surface area (Å²) in [6.45, 7) is 4.26. The zero-order chi connectivity index (χ0) is 12.1. The first-order valence-electron chi connectivity index (χ1n) is 5.48. The SMILES string of the molecule is C=CCCCn1ncn(-c2ccncc2)c1=O. The number of allylic oxidation sites excluding steroid dienone is 1. The summed E-state index contributed by atoms with van der Waals surface area (Å²) in [6, 6.07) is 3.55. The third-order valence-electron chi connectivity index (χ3n) is 2.45. The Kier molecular flexibility index (Phi) is 3.49. The lowest BCUT2D eigenvalue weighted by atomic mass is 10.3. The molecule has 0 atom stereocenters. The normalized spacial score (nSPS) is 10.4. The molecule has 0 fully saturated rings. The van der Waals surface area contributed by atoms with E-state index in [0.29, 0.717) is 6.54 Å². The first-order valence-corrected chi connectivity index (χ1v) is 5.48. The molecule has 0 bridgehead atoms. The summed E-state index contributed by atoms with van der Waals surface area (Å²) in [5, 5.41) is 4.08. The van der Waals surface area contributed by atoms with Gasteiger partial charge in [-0.25, -0.2) is 14.0 Å². The highest BCUT2D eigenvalue weighted by Crippen LogP contribution is 2.01. The second kappa shape index (κ2) is 5.25. The lowest BCUT2D eigenvalue weighted by Crippen LogP contribution is -2.23. The molecule has 2 aromatic rings. The average molecular weight is 230 g/mol. The van der Waals surface area contributed by atoms with Crippen molar-refractivity contribution in [1.29, 1.82) is 0 Å². The molecule has 2 aromatic heterocycles. The molecular weight excluding hydrogens is 216 g/mol.